The second-order valence-electron chi connectivity index (χ2n) is 12.4. The van der Waals surface area contributed by atoms with E-state index >= 15 is 0 Å². The van der Waals surface area contributed by atoms with E-state index in [9.17, 15) is 0 Å². The van der Waals surface area contributed by atoms with Crippen LogP contribution in [-0.4, -0.2) is 12.4 Å². The van der Waals surface area contributed by atoms with Crippen molar-refractivity contribution in [3.63, 3.8) is 0 Å². The highest BCUT2D eigenvalue weighted by Crippen LogP contribution is 2.26. The van der Waals surface area contributed by atoms with Crippen molar-refractivity contribution >= 4 is 12.4 Å². The molecule has 0 aliphatic carbocycles. The van der Waals surface area contributed by atoms with Gasteiger partial charge >= 0.3 is 0 Å². The maximum Gasteiger partial charge on any atom is 0.240 e. The Morgan fingerprint density at radius 2 is 0.684 bits per heavy atom. The van der Waals surface area contributed by atoms with Crippen LogP contribution in [0.25, 0.3) is 0 Å². The molecule has 0 aromatic rings. The average molecular weight is 530 g/mol. The summed E-state index contributed by atoms with van der Waals surface area (Å²) in [5, 5.41) is 0. The number of aliphatic imine (C=N–C) groups is 2. The number of hydrogen-bond donors (Lipinski definition) is 0. The van der Waals surface area contributed by atoms with E-state index in [4.69, 9.17) is 0 Å². The molecule has 1 aliphatic rings. The van der Waals surface area contributed by atoms with E-state index in [2.05, 4.69) is 23.8 Å². The van der Waals surface area contributed by atoms with Crippen molar-refractivity contribution in [2.75, 3.05) is 0 Å². The first kappa shape index (κ1) is 35.2. The Hall–Kier alpha value is -0.790. The maximum atomic E-state index is 4.35. The Morgan fingerprint density at radius 3 is 1.03 bits per heavy atom. The van der Waals surface area contributed by atoms with E-state index in [-0.39, 0.29) is 0 Å². The minimum Gasteiger partial charge on any atom is -0.0968 e. The van der Waals surface area contributed by atoms with Crippen LogP contribution < -0.4 is 0 Å². The van der Waals surface area contributed by atoms with E-state index in [1.54, 1.807) is 0 Å². The lowest BCUT2D eigenvalue weighted by atomic mass is 9.89. The second kappa shape index (κ2) is 29.2. The minimum atomic E-state index is 0.960. The van der Waals surface area contributed by atoms with E-state index in [0.29, 0.717) is 0 Å². The smallest absolute Gasteiger partial charge is 0.0968 e. The molecule has 0 N–H and O–H groups in total. The van der Waals surface area contributed by atoms with Crippen molar-refractivity contribution in [2.45, 2.75) is 206 Å². The highest BCUT2D eigenvalue weighted by Gasteiger charge is 2.15. The summed E-state index contributed by atoms with van der Waals surface area (Å²) >= 11 is 0. The lowest BCUT2D eigenvalue weighted by molar-refractivity contribution is 0.366. The first-order valence-electron chi connectivity index (χ1n) is 17.8. The molecule has 0 unspecified atom stereocenters. The van der Waals surface area contributed by atoms with Crippen LogP contribution in [0.15, 0.2) is 9.98 Å². The number of nitrogens with zero attached hydrogens (tertiary/aromatic N) is 2. The topological polar surface area (TPSA) is 24.7 Å². The van der Waals surface area contributed by atoms with E-state index < -0.39 is 0 Å². The molecule has 0 atom stereocenters. The van der Waals surface area contributed by atoms with Crippen molar-refractivity contribution in [1.29, 1.82) is 0 Å². The van der Waals surface area contributed by atoms with Crippen molar-refractivity contribution in [2.24, 2.45) is 15.9 Å². The summed E-state index contributed by atoms with van der Waals surface area (Å²) < 4.78 is 0. The van der Waals surface area contributed by atoms with Gasteiger partial charge in [-0.25, -0.2) is 0 Å². The van der Waals surface area contributed by atoms with Gasteiger partial charge in [-0.2, -0.15) is 0 Å². The van der Waals surface area contributed by atoms with Gasteiger partial charge in [0.1, 0.15) is 0 Å². The first-order chi connectivity index (χ1) is 18.9. The fraction of sp³-hybridized carbons (Fsp3) is 0.917. The summed E-state index contributed by atoms with van der Waals surface area (Å²) in [6.45, 7) is 4.62. The molecule has 0 bridgehead atoms. The number of rotatable bonds is 31. The lowest BCUT2D eigenvalue weighted by Crippen LogP contribution is -2.02. The summed E-state index contributed by atoms with van der Waals surface area (Å²) in [6, 6.07) is 0. The van der Waals surface area contributed by atoms with Gasteiger partial charge in [0, 0.05) is 0 Å². The average Bonchev–Trinajstić information content (AvgIpc) is 3.45. The van der Waals surface area contributed by atoms with Crippen LogP contribution in [0.1, 0.15) is 206 Å². The Morgan fingerprint density at radius 1 is 0.395 bits per heavy atom. The summed E-state index contributed by atoms with van der Waals surface area (Å²) in [6.07, 6.45) is 47.7. The van der Waals surface area contributed by atoms with Gasteiger partial charge in [-0.15, -0.1) is 0 Å². The summed E-state index contributed by atoms with van der Waals surface area (Å²) in [4.78, 5) is 8.70. The van der Waals surface area contributed by atoms with E-state index in [1.807, 2.05) is 12.4 Å². The molecular formula is C36H69N2+. The monoisotopic (exact) mass is 530 g/mol. The fourth-order valence-corrected chi connectivity index (χ4v) is 6.10. The zero-order valence-corrected chi connectivity index (χ0v) is 26.3. The normalized spacial score (nSPS) is 13.0. The van der Waals surface area contributed by atoms with Crippen LogP contribution in [0, 0.1) is 12.1 Å². The predicted molar refractivity (Wildman–Crippen MR) is 174 cm³/mol. The third-order valence-corrected chi connectivity index (χ3v) is 8.71. The number of hydrogen-bond acceptors (Lipinski definition) is 2. The Labute approximate surface area is 240 Å². The van der Waals surface area contributed by atoms with Gasteiger partial charge < -0.3 is 0 Å². The third-order valence-electron chi connectivity index (χ3n) is 8.71. The summed E-state index contributed by atoms with van der Waals surface area (Å²) in [5.74, 6) is 0.960. The lowest BCUT2D eigenvalue weighted by Gasteiger charge is -2.17. The molecule has 0 aromatic carbocycles. The molecule has 0 aromatic heterocycles. The van der Waals surface area contributed by atoms with Crippen LogP contribution in [0.5, 0.6) is 0 Å². The quantitative estimate of drug-likeness (QED) is 0.0630. The third kappa shape index (κ3) is 24.3. The Balaban J connectivity index is 2.04. The summed E-state index contributed by atoms with van der Waals surface area (Å²) in [7, 11) is 0. The molecule has 1 aliphatic heterocycles. The Bertz CT molecular complexity index is 471. The van der Waals surface area contributed by atoms with E-state index in [0.717, 1.165) is 18.5 Å². The molecule has 222 valence electrons. The molecule has 38 heavy (non-hydrogen) atoms. The summed E-state index contributed by atoms with van der Waals surface area (Å²) in [5.41, 5.74) is 0. The molecule has 0 saturated heterocycles. The highest BCUT2D eigenvalue weighted by atomic mass is 15.0. The van der Waals surface area contributed by atoms with Gasteiger partial charge in [-0.05, 0) is 12.3 Å². The fourth-order valence-electron chi connectivity index (χ4n) is 6.10. The van der Waals surface area contributed by atoms with Crippen molar-refractivity contribution in [3.8, 4) is 0 Å². The van der Waals surface area contributed by atoms with Crippen LogP contribution in [0.3, 0.4) is 0 Å². The zero-order chi connectivity index (χ0) is 27.2. The van der Waals surface area contributed by atoms with Gasteiger partial charge in [0.2, 0.25) is 6.17 Å². The van der Waals surface area contributed by atoms with Crippen molar-refractivity contribution in [3.05, 3.63) is 6.17 Å². The molecule has 1 rings (SSSR count). The van der Waals surface area contributed by atoms with Crippen LogP contribution in [0.2, 0.25) is 0 Å². The number of unbranched alkanes of at least 4 members (excludes halogenated alkanes) is 23. The molecule has 2 nitrogen and oxygen atoms in total. The van der Waals surface area contributed by atoms with Gasteiger partial charge in [-0.3, -0.25) is 0 Å². The molecule has 0 saturated carbocycles. The molecule has 0 radical (unpaired) electrons. The van der Waals surface area contributed by atoms with Crippen LogP contribution in [-0.2, 0) is 0 Å². The van der Waals surface area contributed by atoms with Crippen molar-refractivity contribution < 1.29 is 0 Å². The first-order valence-corrected chi connectivity index (χ1v) is 17.8. The standard InChI is InChI=1S/C36H69N2/c1-3-5-7-9-11-13-15-17-19-21-23-25-29-35(31-27-28-32-36-37-33-34-38-36)30-26-24-22-20-18-16-14-12-10-8-6-4-2/h33-35H,3-32H2,1-2H3/q+1. The van der Waals surface area contributed by atoms with Crippen molar-refractivity contribution in [1.82, 2.24) is 0 Å². The highest BCUT2D eigenvalue weighted by molar-refractivity contribution is 6.18. The van der Waals surface area contributed by atoms with Crippen LogP contribution in [0.4, 0.5) is 0 Å². The van der Waals surface area contributed by atoms with Crippen LogP contribution >= 0.6 is 0 Å². The molecule has 0 amide bonds. The SMILES string of the molecule is CCCCCCCCCCCCCCC(CCCCCCCCCCCCCC)CCCC[C+]1N=CC=N1. The maximum absolute atomic E-state index is 4.35. The van der Waals surface area contributed by atoms with Gasteiger partial charge in [-0.1, -0.05) is 204 Å². The Kier molecular flexibility index (Phi) is 27.1. The largest absolute Gasteiger partial charge is 0.240 e. The molecule has 0 fully saturated rings. The second-order valence-corrected chi connectivity index (χ2v) is 12.4. The minimum absolute atomic E-state index is 0.960. The molecular weight excluding hydrogens is 460 g/mol. The molecule has 1 heterocycles. The van der Waals surface area contributed by atoms with Gasteiger partial charge in [0.25, 0.3) is 0 Å². The molecule has 0 spiro atoms. The molecule has 2 heteroatoms. The zero-order valence-electron chi connectivity index (χ0n) is 26.3. The predicted octanol–water partition coefficient (Wildman–Crippen LogP) is 13.0. The van der Waals surface area contributed by atoms with E-state index in [1.165, 1.54) is 186 Å². The van der Waals surface area contributed by atoms with Gasteiger partial charge in [0.15, 0.2) is 12.4 Å². The van der Waals surface area contributed by atoms with Gasteiger partial charge in [0.05, 0.1) is 6.42 Å².